The van der Waals surface area contributed by atoms with Crippen LogP contribution in [0.4, 0.5) is 17.6 Å². The molecule has 1 aromatic carbocycles. The Hall–Kier alpha value is -1.63. The van der Waals surface area contributed by atoms with Crippen LogP contribution in [0.15, 0.2) is 16.5 Å². The van der Waals surface area contributed by atoms with E-state index in [4.69, 9.17) is 4.42 Å². The van der Waals surface area contributed by atoms with Crippen LogP contribution in [0.5, 0.6) is 0 Å². The van der Waals surface area contributed by atoms with Crippen molar-refractivity contribution in [1.29, 1.82) is 0 Å². The molecule has 0 aliphatic rings. The average molecular weight is 304 g/mol. The minimum Gasteiger partial charge on any atom is -0.440 e. The molecule has 0 aliphatic carbocycles. The Morgan fingerprint density at radius 3 is 2.57 bits per heavy atom. The summed E-state index contributed by atoms with van der Waals surface area (Å²) in [5.74, 6) is 0.163. The predicted molar refractivity (Wildman–Crippen MR) is 70.8 cm³/mol. The molecule has 0 unspecified atom stereocenters. The number of alkyl halides is 4. The van der Waals surface area contributed by atoms with E-state index in [1.54, 1.807) is 13.8 Å². The Balaban J connectivity index is 2.49. The zero-order valence-corrected chi connectivity index (χ0v) is 11.7. The third-order valence-corrected chi connectivity index (χ3v) is 2.97. The molecule has 3 nitrogen and oxygen atoms in total. The smallest absolute Gasteiger partial charge is 0.420 e. The predicted octanol–water partition coefficient (Wildman–Crippen LogP) is 4.03. The summed E-state index contributed by atoms with van der Waals surface area (Å²) < 4.78 is 56.7. The maximum atomic E-state index is 13.1. The second-order valence-electron chi connectivity index (χ2n) is 5.06. The molecule has 21 heavy (non-hydrogen) atoms. The van der Waals surface area contributed by atoms with Gasteiger partial charge in [0.15, 0.2) is 11.5 Å². The number of hydrogen-bond acceptors (Lipinski definition) is 3. The van der Waals surface area contributed by atoms with E-state index in [0.29, 0.717) is 5.56 Å². The summed E-state index contributed by atoms with van der Waals surface area (Å²) in [7, 11) is 0. The van der Waals surface area contributed by atoms with Gasteiger partial charge in [0.25, 0.3) is 0 Å². The van der Waals surface area contributed by atoms with Crippen molar-refractivity contribution in [2.45, 2.75) is 32.5 Å². The van der Waals surface area contributed by atoms with Gasteiger partial charge in [-0.1, -0.05) is 13.8 Å². The largest absolute Gasteiger partial charge is 0.440 e. The summed E-state index contributed by atoms with van der Waals surface area (Å²) in [6, 6.07) is 2.55. The molecule has 0 atom stereocenters. The first kappa shape index (κ1) is 15.8. The number of benzene rings is 1. The number of hydrogen-bond donors (Lipinski definition) is 1. The summed E-state index contributed by atoms with van der Waals surface area (Å²) in [4.78, 5) is 4.11. The SMILES string of the molecule is CC(C)c1nc2cc(CNCCF)cc(C(F)(F)F)c2o1. The van der Waals surface area contributed by atoms with Gasteiger partial charge >= 0.3 is 6.18 Å². The van der Waals surface area contributed by atoms with Crippen LogP contribution in [0.25, 0.3) is 11.1 Å². The van der Waals surface area contributed by atoms with Gasteiger partial charge in [0.2, 0.25) is 0 Å². The van der Waals surface area contributed by atoms with Crippen LogP contribution < -0.4 is 5.32 Å². The lowest BCUT2D eigenvalue weighted by Crippen LogP contribution is -2.16. The molecule has 2 rings (SSSR count). The van der Waals surface area contributed by atoms with Crippen molar-refractivity contribution in [2.75, 3.05) is 13.2 Å². The van der Waals surface area contributed by atoms with Crippen LogP contribution in [-0.2, 0) is 12.7 Å². The normalized spacial score (nSPS) is 12.5. The Morgan fingerprint density at radius 1 is 1.29 bits per heavy atom. The molecule has 7 heteroatoms. The topological polar surface area (TPSA) is 38.1 Å². The van der Waals surface area contributed by atoms with Gasteiger partial charge in [-0.2, -0.15) is 13.2 Å². The van der Waals surface area contributed by atoms with Gasteiger partial charge in [0, 0.05) is 19.0 Å². The highest BCUT2D eigenvalue weighted by Crippen LogP contribution is 2.37. The van der Waals surface area contributed by atoms with Crippen LogP contribution in [0, 0.1) is 0 Å². The monoisotopic (exact) mass is 304 g/mol. The molecule has 2 aromatic rings. The molecule has 0 spiro atoms. The third-order valence-electron chi connectivity index (χ3n) is 2.97. The van der Waals surface area contributed by atoms with Crippen molar-refractivity contribution in [3.05, 3.63) is 29.2 Å². The van der Waals surface area contributed by atoms with Crippen molar-refractivity contribution < 1.29 is 22.0 Å². The molecule has 116 valence electrons. The van der Waals surface area contributed by atoms with E-state index in [0.717, 1.165) is 6.07 Å². The Labute approximate surface area is 119 Å². The Bertz CT molecular complexity index is 619. The highest BCUT2D eigenvalue weighted by molar-refractivity contribution is 5.78. The first-order chi connectivity index (χ1) is 9.82. The summed E-state index contributed by atoms with van der Waals surface area (Å²) >= 11 is 0. The third kappa shape index (κ3) is 3.53. The quantitative estimate of drug-likeness (QED) is 0.669. The van der Waals surface area contributed by atoms with Crippen molar-refractivity contribution in [3.63, 3.8) is 0 Å². The molecule has 1 aromatic heterocycles. The lowest BCUT2D eigenvalue weighted by atomic mass is 10.1. The number of aromatic nitrogens is 1. The fourth-order valence-electron chi connectivity index (χ4n) is 1.97. The molecular weight excluding hydrogens is 288 g/mol. The summed E-state index contributed by atoms with van der Waals surface area (Å²) in [5, 5.41) is 2.72. The first-order valence-corrected chi connectivity index (χ1v) is 6.60. The van der Waals surface area contributed by atoms with E-state index in [9.17, 15) is 17.6 Å². The van der Waals surface area contributed by atoms with E-state index < -0.39 is 18.4 Å². The number of fused-ring (bicyclic) bond motifs is 1. The zero-order chi connectivity index (χ0) is 15.6. The van der Waals surface area contributed by atoms with E-state index in [-0.39, 0.29) is 36.0 Å². The maximum Gasteiger partial charge on any atom is 0.420 e. The standard InChI is InChI=1S/C14H16F4N2O/c1-8(2)13-20-11-6-9(7-19-4-3-15)5-10(12(11)21-13)14(16,17)18/h5-6,8,19H,3-4,7H2,1-2H3. The zero-order valence-electron chi connectivity index (χ0n) is 11.7. The van der Waals surface area contributed by atoms with Gasteiger partial charge in [-0.05, 0) is 17.7 Å². The molecule has 1 heterocycles. The fraction of sp³-hybridized carbons (Fsp3) is 0.500. The Kier molecular flexibility index (Phi) is 4.51. The molecule has 0 fully saturated rings. The molecule has 0 saturated heterocycles. The maximum absolute atomic E-state index is 13.1. The summed E-state index contributed by atoms with van der Waals surface area (Å²) in [6.45, 7) is 3.25. The van der Waals surface area contributed by atoms with Crippen molar-refractivity contribution in [3.8, 4) is 0 Å². The molecule has 0 saturated carbocycles. The summed E-state index contributed by atoms with van der Waals surface area (Å²) in [5.41, 5.74) is -0.533. The second kappa shape index (κ2) is 6.01. The highest BCUT2D eigenvalue weighted by Gasteiger charge is 2.35. The number of nitrogens with zero attached hydrogens (tertiary/aromatic N) is 1. The van der Waals surface area contributed by atoms with Crippen LogP contribution in [0.2, 0.25) is 0 Å². The van der Waals surface area contributed by atoms with Gasteiger partial charge in [-0.25, -0.2) is 9.37 Å². The highest BCUT2D eigenvalue weighted by atomic mass is 19.4. The van der Waals surface area contributed by atoms with Gasteiger partial charge in [0.05, 0.1) is 0 Å². The first-order valence-electron chi connectivity index (χ1n) is 6.60. The van der Waals surface area contributed by atoms with E-state index >= 15 is 0 Å². The molecule has 0 radical (unpaired) electrons. The van der Waals surface area contributed by atoms with Gasteiger partial charge in [-0.3, -0.25) is 0 Å². The molecular formula is C14H16F4N2O. The van der Waals surface area contributed by atoms with Crippen molar-refractivity contribution >= 4 is 11.1 Å². The molecule has 0 bridgehead atoms. The lowest BCUT2D eigenvalue weighted by Gasteiger charge is -2.09. The number of rotatable bonds is 5. The van der Waals surface area contributed by atoms with Gasteiger partial charge in [0.1, 0.15) is 17.8 Å². The van der Waals surface area contributed by atoms with E-state index in [1.165, 1.54) is 6.07 Å². The van der Waals surface area contributed by atoms with Crippen LogP contribution >= 0.6 is 0 Å². The number of oxazole rings is 1. The molecule has 1 N–H and O–H groups in total. The van der Waals surface area contributed by atoms with Gasteiger partial charge < -0.3 is 9.73 Å². The van der Waals surface area contributed by atoms with Crippen molar-refractivity contribution in [2.24, 2.45) is 0 Å². The van der Waals surface area contributed by atoms with Gasteiger partial charge in [-0.15, -0.1) is 0 Å². The Morgan fingerprint density at radius 2 is 2.00 bits per heavy atom. The molecule has 0 amide bonds. The lowest BCUT2D eigenvalue weighted by molar-refractivity contribution is -0.136. The van der Waals surface area contributed by atoms with Crippen molar-refractivity contribution in [1.82, 2.24) is 10.3 Å². The van der Waals surface area contributed by atoms with Crippen LogP contribution in [0.3, 0.4) is 0 Å². The minimum atomic E-state index is -4.53. The second-order valence-corrected chi connectivity index (χ2v) is 5.06. The average Bonchev–Trinajstić information content (AvgIpc) is 2.80. The van der Waals surface area contributed by atoms with E-state index in [2.05, 4.69) is 10.3 Å². The van der Waals surface area contributed by atoms with Crippen LogP contribution in [0.1, 0.15) is 36.8 Å². The van der Waals surface area contributed by atoms with Crippen LogP contribution in [-0.4, -0.2) is 18.2 Å². The minimum absolute atomic E-state index is 0.0927. The number of nitrogens with one attached hydrogen (secondary N) is 1. The number of halogens is 4. The fourth-order valence-corrected chi connectivity index (χ4v) is 1.97. The summed E-state index contributed by atoms with van der Waals surface area (Å²) in [6.07, 6.45) is -4.53. The van der Waals surface area contributed by atoms with E-state index in [1.807, 2.05) is 0 Å². The molecule has 0 aliphatic heterocycles.